The molecule has 1 unspecified atom stereocenters. The summed E-state index contributed by atoms with van der Waals surface area (Å²) in [7, 11) is 0. The summed E-state index contributed by atoms with van der Waals surface area (Å²) < 4.78 is 0. The van der Waals surface area contributed by atoms with Gasteiger partial charge in [0, 0.05) is 25.7 Å². The van der Waals surface area contributed by atoms with E-state index in [1.165, 1.54) is 36.5 Å². The van der Waals surface area contributed by atoms with E-state index in [1.807, 2.05) is 0 Å². The molecule has 1 aliphatic carbocycles. The quantitative estimate of drug-likeness (QED) is 0.861. The van der Waals surface area contributed by atoms with Crippen LogP contribution in [-0.2, 0) is 9.59 Å². The highest BCUT2D eigenvalue weighted by atomic mass is 32.1. The van der Waals surface area contributed by atoms with E-state index in [2.05, 4.69) is 31.0 Å². The van der Waals surface area contributed by atoms with Gasteiger partial charge in [-0.05, 0) is 19.3 Å². The number of nitrogens with one attached hydrogen (secondary N) is 2. The fourth-order valence-corrected chi connectivity index (χ4v) is 4.71. The summed E-state index contributed by atoms with van der Waals surface area (Å²) in [5, 5.41) is 24.9. The van der Waals surface area contributed by atoms with Crippen molar-refractivity contribution in [2.45, 2.75) is 51.4 Å². The SMILES string of the molecule is CC(=O)Nc1nnc(C2CCC[C@H](c3nnc(NC(C)=O)s3)C2)s1. The molecule has 1 fully saturated rings. The molecule has 1 saturated carbocycles. The van der Waals surface area contributed by atoms with Crippen molar-refractivity contribution in [3.8, 4) is 0 Å². The Balaban J connectivity index is 1.67. The van der Waals surface area contributed by atoms with Gasteiger partial charge in [-0.1, -0.05) is 29.1 Å². The van der Waals surface area contributed by atoms with Crippen LogP contribution in [-0.4, -0.2) is 32.2 Å². The third kappa shape index (κ3) is 4.12. The minimum atomic E-state index is -0.140. The molecule has 2 atom stereocenters. The number of amides is 2. The molecule has 0 saturated heterocycles. The van der Waals surface area contributed by atoms with Crippen molar-refractivity contribution in [2.75, 3.05) is 10.6 Å². The molecule has 0 spiro atoms. The van der Waals surface area contributed by atoms with Crippen LogP contribution in [0.3, 0.4) is 0 Å². The number of anilines is 2. The molecule has 0 aromatic carbocycles. The number of nitrogens with zero attached hydrogens (tertiary/aromatic N) is 4. The average molecular weight is 366 g/mol. The summed E-state index contributed by atoms with van der Waals surface area (Å²) in [5.74, 6) is 0.353. The minimum absolute atomic E-state index is 0.140. The van der Waals surface area contributed by atoms with Crippen molar-refractivity contribution in [1.82, 2.24) is 20.4 Å². The largest absolute Gasteiger partial charge is 0.301 e. The van der Waals surface area contributed by atoms with Gasteiger partial charge in [0.05, 0.1) is 0 Å². The van der Waals surface area contributed by atoms with Gasteiger partial charge in [-0.3, -0.25) is 9.59 Å². The number of rotatable bonds is 4. The number of carbonyl (C=O) groups excluding carboxylic acids is 2. The molecule has 0 bridgehead atoms. The first-order chi connectivity index (χ1) is 11.5. The lowest BCUT2D eigenvalue weighted by molar-refractivity contribution is -0.115. The predicted molar refractivity (Wildman–Crippen MR) is 92.4 cm³/mol. The summed E-state index contributed by atoms with van der Waals surface area (Å²) in [4.78, 5) is 22.2. The molecular formula is C14H18N6O2S2. The molecule has 0 aliphatic heterocycles. The van der Waals surface area contributed by atoms with Crippen LogP contribution < -0.4 is 10.6 Å². The molecule has 2 heterocycles. The van der Waals surface area contributed by atoms with E-state index in [0.29, 0.717) is 22.1 Å². The molecule has 3 rings (SSSR count). The molecule has 1 aliphatic rings. The highest BCUT2D eigenvalue weighted by molar-refractivity contribution is 7.15. The first-order valence-corrected chi connectivity index (χ1v) is 9.36. The van der Waals surface area contributed by atoms with Crippen molar-refractivity contribution in [3.63, 3.8) is 0 Å². The zero-order chi connectivity index (χ0) is 17.1. The van der Waals surface area contributed by atoms with Gasteiger partial charge in [0.2, 0.25) is 22.1 Å². The second-order valence-corrected chi connectivity index (χ2v) is 7.83. The summed E-state index contributed by atoms with van der Waals surface area (Å²) in [6.07, 6.45) is 4.13. The van der Waals surface area contributed by atoms with E-state index in [0.717, 1.165) is 35.7 Å². The number of carbonyl (C=O) groups is 2. The second kappa shape index (κ2) is 7.31. The van der Waals surface area contributed by atoms with Crippen LogP contribution in [0.2, 0.25) is 0 Å². The summed E-state index contributed by atoms with van der Waals surface area (Å²) in [6, 6.07) is 0. The van der Waals surface area contributed by atoms with Crippen molar-refractivity contribution in [2.24, 2.45) is 0 Å². The Morgan fingerprint density at radius 2 is 1.33 bits per heavy atom. The van der Waals surface area contributed by atoms with E-state index in [9.17, 15) is 9.59 Å². The smallest absolute Gasteiger partial charge is 0.223 e. The number of hydrogen-bond acceptors (Lipinski definition) is 8. The Morgan fingerprint density at radius 3 is 1.75 bits per heavy atom. The molecule has 2 aromatic heterocycles. The molecule has 2 N–H and O–H groups in total. The molecular weight excluding hydrogens is 348 g/mol. The molecule has 10 heteroatoms. The van der Waals surface area contributed by atoms with Crippen LogP contribution >= 0.6 is 22.7 Å². The highest BCUT2D eigenvalue weighted by Gasteiger charge is 2.29. The molecule has 128 valence electrons. The van der Waals surface area contributed by atoms with Crippen molar-refractivity contribution in [3.05, 3.63) is 10.0 Å². The Morgan fingerprint density at radius 1 is 0.875 bits per heavy atom. The first-order valence-electron chi connectivity index (χ1n) is 7.73. The Labute approximate surface area is 147 Å². The summed E-state index contributed by atoms with van der Waals surface area (Å²) in [5.41, 5.74) is 0. The monoisotopic (exact) mass is 366 g/mol. The van der Waals surface area contributed by atoms with Crippen LogP contribution in [0.5, 0.6) is 0 Å². The lowest BCUT2D eigenvalue weighted by Crippen LogP contribution is -2.12. The van der Waals surface area contributed by atoms with Crippen LogP contribution in [0.25, 0.3) is 0 Å². The molecule has 2 aromatic rings. The molecule has 2 amide bonds. The van der Waals surface area contributed by atoms with E-state index in [-0.39, 0.29) is 11.8 Å². The van der Waals surface area contributed by atoms with Gasteiger partial charge in [-0.25, -0.2) is 0 Å². The Hall–Kier alpha value is -1.94. The van der Waals surface area contributed by atoms with Gasteiger partial charge >= 0.3 is 0 Å². The molecule has 0 radical (unpaired) electrons. The fraction of sp³-hybridized carbons (Fsp3) is 0.571. The normalized spacial score (nSPS) is 20.6. The van der Waals surface area contributed by atoms with Crippen molar-refractivity contribution < 1.29 is 9.59 Å². The van der Waals surface area contributed by atoms with Crippen LogP contribution in [0, 0.1) is 0 Å². The minimum Gasteiger partial charge on any atom is -0.301 e. The zero-order valence-electron chi connectivity index (χ0n) is 13.4. The second-order valence-electron chi connectivity index (χ2n) is 5.81. The average Bonchev–Trinajstić information content (AvgIpc) is 3.16. The number of aromatic nitrogens is 4. The highest BCUT2D eigenvalue weighted by Crippen LogP contribution is 2.43. The maximum Gasteiger partial charge on any atom is 0.223 e. The van der Waals surface area contributed by atoms with E-state index >= 15 is 0 Å². The van der Waals surface area contributed by atoms with Crippen molar-refractivity contribution in [1.29, 1.82) is 0 Å². The van der Waals surface area contributed by atoms with Gasteiger partial charge in [0.25, 0.3) is 0 Å². The number of hydrogen-bond donors (Lipinski definition) is 2. The predicted octanol–water partition coefficient (Wildman–Crippen LogP) is 2.75. The third-order valence-electron chi connectivity index (χ3n) is 3.82. The lowest BCUT2D eigenvalue weighted by Gasteiger charge is -2.25. The van der Waals surface area contributed by atoms with E-state index < -0.39 is 0 Å². The maximum absolute atomic E-state index is 11.1. The first kappa shape index (κ1) is 16.9. The van der Waals surface area contributed by atoms with E-state index in [1.54, 1.807) is 0 Å². The Bertz CT molecular complexity index is 683. The van der Waals surface area contributed by atoms with Gasteiger partial charge < -0.3 is 10.6 Å². The maximum atomic E-state index is 11.1. The summed E-state index contributed by atoms with van der Waals surface area (Å²) >= 11 is 2.87. The van der Waals surface area contributed by atoms with Crippen LogP contribution in [0.15, 0.2) is 0 Å². The van der Waals surface area contributed by atoms with Gasteiger partial charge in [0.1, 0.15) is 10.0 Å². The van der Waals surface area contributed by atoms with E-state index in [4.69, 9.17) is 0 Å². The topological polar surface area (TPSA) is 110 Å². The lowest BCUT2D eigenvalue weighted by atomic mass is 9.82. The molecule has 8 nitrogen and oxygen atoms in total. The van der Waals surface area contributed by atoms with Crippen molar-refractivity contribution >= 4 is 44.8 Å². The summed E-state index contributed by atoms with van der Waals surface area (Å²) in [6.45, 7) is 2.92. The van der Waals surface area contributed by atoms with Gasteiger partial charge in [-0.15, -0.1) is 20.4 Å². The van der Waals surface area contributed by atoms with Crippen LogP contribution in [0.1, 0.15) is 61.4 Å². The third-order valence-corrected chi connectivity index (χ3v) is 5.82. The Kier molecular flexibility index (Phi) is 5.14. The standard InChI is InChI=1S/C14H18N6O2S2/c1-7(21)15-13-19-17-11(23-13)9-4-3-5-10(6-9)12-18-20-14(24-12)16-8(2)22/h9-10H,3-6H2,1-2H3,(H,15,19,21)(H,16,20,22)/t9-,10?/m0/s1. The molecule has 24 heavy (non-hydrogen) atoms. The zero-order valence-corrected chi connectivity index (χ0v) is 15.0. The van der Waals surface area contributed by atoms with Gasteiger partial charge in [0.15, 0.2) is 0 Å². The fourth-order valence-electron chi connectivity index (χ4n) is 2.84. The van der Waals surface area contributed by atoms with Crippen LogP contribution in [0.4, 0.5) is 10.3 Å². The van der Waals surface area contributed by atoms with Gasteiger partial charge in [-0.2, -0.15) is 0 Å².